The highest BCUT2D eigenvalue weighted by Crippen LogP contribution is 2.31. The van der Waals surface area contributed by atoms with Gasteiger partial charge in [-0.2, -0.15) is 0 Å². The molecule has 6 nitrogen and oxygen atoms in total. The van der Waals surface area contributed by atoms with Crippen molar-refractivity contribution in [1.82, 2.24) is 10.6 Å². The molecule has 2 N–H and O–H groups in total. The first-order chi connectivity index (χ1) is 16.0. The monoisotopic (exact) mass is 490 g/mol. The summed E-state index contributed by atoms with van der Waals surface area (Å²) in [5.41, 5.74) is -0.615. The van der Waals surface area contributed by atoms with Crippen LogP contribution in [0.3, 0.4) is 0 Å². The molecule has 0 bridgehead atoms. The van der Waals surface area contributed by atoms with Crippen LogP contribution >= 0.6 is 0 Å². The molecule has 2 aliphatic rings. The van der Waals surface area contributed by atoms with Gasteiger partial charge in [-0.05, 0) is 99.3 Å². The third-order valence-electron chi connectivity index (χ3n) is 6.98. The highest BCUT2D eigenvalue weighted by Gasteiger charge is 2.37. The summed E-state index contributed by atoms with van der Waals surface area (Å²) in [6.07, 6.45) is 3.85. The molecule has 196 valence electrons. The number of ether oxygens (including phenoxy) is 2. The number of benzene rings is 1. The van der Waals surface area contributed by atoms with E-state index in [2.05, 4.69) is 66.0 Å². The molecule has 0 aliphatic carbocycles. The molecule has 0 spiro atoms. The standard InChI is InChI=1S/C28H43FN2O4/c1-25(2)13-11-19(16-27(5,6)30-25)34-23(32)18-9-10-21(22(29)15-18)24(33)35-20-12-14-26(3,4)31-28(7,8)17-20/h9-10,15,19-20,30-31H,11-14,16-17H2,1-8H3. The maximum absolute atomic E-state index is 14.9. The van der Waals surface area contributed by atoms with Crippen molar-refractivity contribution in [3.63, 3.8) is 0 Å². The van der Waals surface area contributed by atoms with Crippen molar-refractivity contribution in [3.8, 4) is 0 Å². The summed E-state index contributed by atoms with van der Waals surface area (Å²) < 4.78 is 26.4. The van der Waals surface area contributed by atoms with Crippen LogP contribution < -0.4 is 10.6 Å². The van der Waals surface area contributed by atoms with E-state index in [1.807, 2.05) is 0 Å². The summed E-state index contributed by atoms with van der Waals surface area (Å²) in [5, 5.41) is 7.20. The van der Waals surface area contributed by atoms with Gasteiger partial charge in [0.2, 0.25) is 0 Å². The summed E-state index contributed by atoms with van der Waals surface area (Å²) in [6.45, 7) is 16.9. The number of hydrogen-bond donors (Lipinski definition) is 2. The second-order valence-electron chi connectivity index (χ2n) is 13.0. The van der Waals surface area contributed by atoms with Gasteiger partial charge in [-0.25, -0.2) is 14.0 Å². The molecule has 35 heavy (non-hydrogen) atoms. The zero-order chi connectivity index (χ0) is 26.2. The summed E-state index contributed by atoms with van der Waals surface area (Å²) >= 11 is 0. The van der Waals surface area contributed by atoms with Crippen LogP contribution in [0.2, 0.25) is 0 Å². The Balaban J connectivity index is 1.66. The molecule has 2 saturated heterocycles. The molecule has 3 rings (SSSR count). The maximum Gasteiger partial charge on any atom is 0.341 e. The lowest BCUT2D eigenvalue weighted by molar-refractivity contribution is 0.0208. The van der Waals surface area contributed by atoms with Gasteiger partial charge in [0.25, 0.3) is 0 Å². The molecular formula is C28H43FN2O4. The third-order valence-corrected chi connectivity index (χ3v) is 6.98. The summed E-state index contributed by atoms with van der Waals surface area (Å²) in [5.74, 6) is -2.07. The van der Waals surface area contributed by atoms with Crippen molar-refractivity contribution < 1.29 is 23.5 Å². The van der Waals surface area contributed by atoms with Crippen molar-refractivity contribution in [3.05, 3.63) is 35.1 Å². The fraction of sp³-hybridized carbons (Fsp3) is 0.714. The Morgan fingerprint density at radius 2 is 1.23 bits per heavy atom. The molecule has 2 aliphatic heterocycles. The first-order valence-corrected chi connectivity index (χ1v) is 12.8. The number of carbonyl (C=O) groups is 2. The highest BCUT2D eigenvalue weighted by molar-refractivity contribution is 5.93. The lowest BCUT2D eigenvalue weighted by Crippen LogP contribution is -2.51. The molecule has 0 saturated carbocycles. The SMILES string of the molecule is CC1(C)CCC(OC(=O)c2ccc(C(=O)OC3CCC(C)(C)NC(C)(C)C3)c(F)c2)CC(C)(C)N1. The Hall–Kier alpha value is -1.99. The van der Waals surface area contributed by atoms with Gasteiger partial charge >= 0.3 is 11.9 Å². The van der Waals surface area contributed by atoms with Crippen molar-refractivity contribution in [2.45, 2.75) is 128 Å². The van der Waals surface area contributed by atoms with Crippen molar-refractivity contribution in [2.75, 3.05) is 0 Å². The quantitative estimate of drug-likeness (QED) is 0.540. The Morgan fingerprint density at radius 1 is 0.771 bits per heavy atom. The van der Waals surface area contributed by atoms with E-state index >= 15 is 0 Å². The molecular weight excluding hydrogens is 447 g/mol. The predicted octanol–water partition coefficient (Wildman–Crippen LogP) is 5.54. The van der Waals surface area contributed by atoms with Crippen molar-refractivity contribution in [1.29, 1.82) is 0 Å². The topological polar surface area (TPSA) is 76.7 Å². The molecule has 0 radical (unpaired) electrons. The van der Waals surface area contributed by atoms with E-state index in [0.717, 1.165) is 25.3 Å². The van der Waals surface area contributed by atoms with Crippen LogP contribution in [0.5, 0.6) is 0 Å². The number of halogens is 1. The van der Waals surface area contributed by atoms with Crippen LogP contribution in [0.15, 0.2) is 18.2 Å². The Kier molecular flexibility index (Phi) is 7.74. The van der Waals surface area contributed by atoms with Gasteiger partial charge in [0.05, 0.1) is 11.1 Å². The van der Waals surface area contributed by atoms with Gasteiger partial charge in [-0.1, -0.05) is 0 Å². The first-order valence-electron chi connectivity index (χ1n) is 12.8. The maximum atomic E-state index is 14.9. The molecule has 0 aromatic heterocycles. The Bertz CT molecular complexity index is 954. The van der Waals surface area contributed by atoms with E-state index in [-0.39, 0.29) is 45.5 Å². The van der Waals surface area contributed by atoms with E-state index in [0.29, 0.717) is 19.3 Å². The van der Waals surface area contributed by atoms with Crippen molar-refractivity contribution >= 4 is 11.9 Å². The van der Waals surface area contributed by atoms with E-state index in [9.17, 15) is 14.0 Å². The predicted molar refractivity (Wildman–Crippen MR) is 135 cm³/mol. The van der Waals surface area contributed by atoms with Crippen molar-refractivity contribution in [2.24, 2.45) is 0 Å². The van der Waals surface area contributed by atoms with Gasteiger partial charge in [-0.15, -0.1) is 0 Å². The minimum Gasteiger partial charge on any atom is -0.459 e. The fourth-order valence-electron chi connectivity index (χ4n) is 5.89. The fourth-order valence-corrected chi connectivity index (χ4v) is 5.89. The molecule has 0 amide bonds. The second kappa shape index (κ2) is 9.81. The number of rotatable bonds is 4. The van der Waals surface area contributed by atoms with E-state index in [4.69, 9.17) is 9.47 Å². The molecule has 7 heteroatoms. The highest BCUT2D eigenvalue weighted by atomic mass is 19.1. The van der Waals surface area contributed by atoms with E-state index in [1.165, 1.54) is 12.1 Å². The van der Waals surface area contributed by atoms with Gasteiger partial charge in [-0.3, -0.25) is 0 Å². The number of nitrogens with one attached hydrogen (secondary N) is 2. The number of hydrogen-bond acceptors (Lipinski definition) is 6. The average molecular weight is 491 g/mol. The van der Waals surface area contributed by atoms with Gasteiger partial charge in [0.15, 0.2) is 0 Å². The first kappa shape index (κ1) is 27.6. The van der Waals surface area contributed by atoms with Crippen LogP contribution in [0.4, 0.5) is 4.39 Å². The number of esters is 2. The largest absolute Gasteiger partial charge is 0.459 e. The number of carbonyl (C=O) groups excluding carboxylic acids is 2. The minimum absolute atomic E-state index is 0.0584. The van der Waals surface area contributed by atoms with Crippen LogP contribution in [0.25, 0.3) is 0 Å². The smallest absolute Gasteiger partial charge is 0.341 e. The lowest BCUT2D eigenvalue weighted by atomic mass is 9.96. The third kappa shape index (κ3) is 7.74. The van der Waals surface area contributed by atoms with Crippen LogP contribution in [-0.2, 0) is 9.47 Å². The average Bonchev–Trinajstić information content (AvgIpc) is 2.85. The Morgan fingerprint density at radius 3 is 1.69 bits per heavy atom. The summed E-state index contributed by atoms with van der Waals surface area (Å²) in [7, 11) is 0. The second-order valence-corrected chi connectivity index (χ2v) is 13.0. The molecule has 1 aromatic rings. The van der Waals surface area contributed by atoms with E-state index in [1.54, 1.807) is 0 Å². The van der Waals surface area contributed by atoms with E-state index < -0.39 is 17.8 Å². The Labute approximate surface area is 209 Å². The molecule has 2 heterocycles. The lowest BCUT2D eigenvalue weighted by Gasteiger charge is -2.34. The van der Waals surface area contributed by atoms with Gasteiger partial charge < -0.3 is 20.1 Å². The molecule has 1 aromatic carbocycles. The normalized spacial score (nSPS) is 27.2. The summed E-state index contributed by atoms with van der Waals surface area (Å²) in [4.78, 5) is 25.6. The van der Waals surface area contributed by atoms with Gasteiger partial charge in [0, 0.05) is 35.0 Å². The minimum atomic E-state index is -0.778. The molecule has 2 atom stereocenters. The summed E-state index contributed by atoms with van der Waals surface area (Å²) in [6, 6.07) is 3.83. The van der Waals surface area contributed by atoms with Crippen LogP contribution in [0.1, 0.15) is 115 Å². The molecule has 2 fully saturated rings. The van der Waals surface area contributed by atoms with Crippen LogP contribution in [0, 0.1) is 5.82 Å². The van der Waals surface area contributed by atoms with Gasteiger partial charge in [0.1, 0.15) is 18.0 Å². The molecule has 2 unspecified atom stereocenters. The zero-order valence-corrected chi connectivity index (χ0v) is 22.6. The zero-order valence-electron chi connectivity index (χ0n) is 22.6. The van der Waals surface area contributed by atoms with Crippen LogP contribution in [-0.4, -0.2) is 46.3 Å².